The van der Waals surface area contributed by atoms with E-state index in [2.05, 4.69) is 19.1 Å². The van der Waals surface area contributed by atoms with Crippen LogP contribution < -0.4 is 4.74 Å². The second kappa shape index (κ2) is 6.19. The predicted molar refractivity (Wildman–Crippen MR) is 76.7 cm³/mol. The van der Waals surface area contributed by atoms with Crippen molar-refractivity contribution in [3.05, 3.63) is 59.7 Å². The topological polar surface area (TPSA) is 26.3 Å². The van der Waals surface area contributed by atoms with Crippen molar-refractivity contribution in [2.24, 2.45) is 0 Å². The van der Waals surface area contributed by atoms with Gasteiger partial charge in [0.25, 0.3) is 0 Å². The molecule has 0 radical (unpaired) electrons. The standard InChI is InChI=1S/C17H18O2/c1-3-14-4-8-16(9-5-14)19-17-10-6-15(7-11-17)12-13(2)18/h4-11H,3,12H2,1-2H3. The molecule has 2 rings (SSSR count). The Kier molecular flexibility index (Phi) is 4.35. The van der Waals surface area contributed by atoms with Crippen LogP contribution in [-0.4, -0.2) is 5.78 Å². The van der Waals surface area contributed by atoms with Crippen LogP contribution in [-0.2, 0) is 17.6 Å². The molecule has 0 fully saturated rings. The molecule has 0 heterocycles. The highest BCUT2D eigenvalue weighted by atomic mass is 16.5. The molecule has 98 valence electrons. The van der Waals surface area contributed by atoms with E-state index in [0.29, 0.717) is 6.42 Å². The van der Waals surface area contributed by atoms with Crippen LogP contribution in [0.4, 0.5) is 0 Å². The summed E-state index contributed by atoms with van der Waals surface area (Å²) in [5, 5.41) is 0. The second-order valence-electron chi connectivity index (χ2n) is 4.62. The van der Waals surface area contributed by atoms with Crippen LogP contribution in [0.15, 0.2) is 48.5 Å². The van der Waals surface area contributed by atoms with Gasteiger partial charge in [0.15, 0.2) is 0 Å². The van der Waals surface area contributed by atoms with Crippen molar-refractivity contribution in [3.63, 3.8) is 0 Å². The van der Waals surface area contributed by atoms with Crippen molar-refractivity contribution in [3.8, 4) is 11.5 Å². The quantitative estimate of drug-likeness (QED) is 0.800. The van der Waals surface area contributed by atoms with Gasteiger partial charge in [0.1, 0.15) is 17.3 Å². The Morgan fingerprint density at radius 2 is 1.37 bits per heavy atom. The minimum absolute atomic E-state index is 0.170. The Bertz CT molecular complexity index is 538. The molecule has 2 heteroatoms. The fraction of sp³-hybridized carbons (Fsp3) is 0.235. The highest BCUT2D eigenvalue weighted by Gasteiger charge is 2.00. The van der Waals surface area contributed by atoms with Gasteiger partial charge in [0.2, 0.25) is 0 Å². The third-order valence-corrected chi connectivity index (χ3v) is 2.94. The molecule has 19 heavy (non-hydrogen) atoms. The zero-order valence-corrected chi connectivity index (χ0v) is 11.3. The molecule has 2 aromatic carbocycles. The van der Waals surface area contributed by atoms with Crippen LogP contribution in [0.3, 0.4) is 0 Å². The number of aryl methyl sites for hydroxylation is 1. The monoisotopic (exact) mass is 254 g/mol. The van der Waals surface area contributed by atoms with Gasteiger partial charge in [-0.2, -0.15) is 0 Å². The van der Waals surface area contributed by atoms with E-state index in [4.69, 9.17) is 4.74 Å². The van der Waals surface area contributed by atoms with Crippen LogP contribution in [0.2, 0.25) is 0 Å². The lowest BCUT2D eigenvalue weighted by molar-refractivity contribution is -0.116. The van der Waals surface area contributed by atoms with E-state index >= 15 is 0 Å². The van der Waals surface area contributed by atoms with Gasteiger partial charge < -0.3 is 4.74 Å². The smallest absolute Gasteiger partial charge is 0.134 e. The van der Waals surface area contributed by atoms with Gasteiger partial charge >= 0.3 is 0 Å². The highest BCUT2D eigenvalue weighted by Crippen LogP contribution is 2.22. The number of hydrogen-bond donors (Lipinski definition) is 0. The maximum atomic E-state index is 11.0. The van der Waals surface area contributed by atoms with Gasteiger partial charge in [-0.15, -0.1) is 0 Å². The number of benzene rings is 2. The van der Waals surface area contributed by atoms with Crippen LogP contribution in [0.25, 0.3) is 0 Å². The number of ether oxygens (including phenoxy) is 1. The van der Waals surface area contributed by atoms with E-state index in [0.717, 1.165) is 23.5 Å². The van der Waals surface area contributed by atoms with E-state index in [1.54, 1.807) is 6.92 Å². The summed E-state index contributed by atoms with van der Waals surface area (Å²) in [7, 11) is 0. The first kappa shape index (κ1) is 13.3. The molecule has 2 nitrogen and oxygen atoms in total. The molecule has 0 aliphatic heterocycles. The van der Waals surface area contributed by atoms with Crippen LogP contribution >= 0.6 is 0 Å². The van der Waals surface area contributed by atoms with Crippen LogP contribution in [0.5, 0.6) is 11.5 Å². The number of Topliss-reactive ketones (excluding diaryl/α,β-unsaturated/α-hetero) is 1. The lowest BCUT2D eigenvalue weighted by Crippen LogP contribution is -1.95. The average Bonchev–Trinajstić information content (AvgIpc) is 2.41. The Balaban J connectivity index is 2.04. The molecule has 2 aromatic rings. The Labute approximate surface area is 114 Å². The first-order valence-corrected chi connectivity index (χ1v) is 6.52. The summed E-state index contributed by atoms with van der Waals surface area (Å²) in [6.07, 6.45) is 1.51. The van der Waals surface area contributed by atoms with Crippen molar-refractivity contribution in [1.82, 2.24) is 0 Å². The fourth-order valence-corrected chi connectivity index (χ4v) is 1.89. The Morgan fingerprint density at radius 3 is 1.79 bits per heavy atom. The average molecular weight is 254 g/mol. The van der Waals surface area contributed by atoms with Gasteiger partial charge in [-0.05, 0) is 48.7 Å². The zero-order valence-electron chi connectivity index (χ0n) is 11.3. The molecule has 0 bridgehead atoms. The summed E-state index contributed by atoms with van der Waals surface area (Å²) in [6.45, 7) is 3.73. The van der Waals surface area contributed by atoms with Crippen molar-refractivity contribution in [2.75, 3.05) is 0 Å². The van der Waals surface area contributed by atoms with Gasteiger partial charge in [-0.1, -0.05) is 31.2 Å². The van der Waals surface area contributed by atoms with E-state index in [9.17, 15) is 4.79 Å². The third-order valence-electron chi connectivity index (χ3n) is 2.94. The Morgan fingerprint density at radius 1 is 0.895 bits per heavy atom. The molecule has 0 aliphatic rings. The maximum Gasteiger partial charge on any atom is 0.134 e. The number of carbonyl (C=O) groups is 1. The van der Waals surface area contributed by atoms with E-state index in [1.165, 1.54) is 5.56 Å². The summed E-state index contributed by atoms with van der Waals surface area (Å²) in [5.74, 6) is 1.79. The second-order valence-corrected chi connectivity index (χ2v) is 4.62. The number of carbonyl (C=O) groups excluding carboxylic acids is 1. The van der Waals surface area contributed by atoms with Gasteiger partial charge in [0.05, 0.1) is 0 Å². The predicted octanol–water partition coefficient (Wildman–Crippen LogP) is 4.17. The van der Waals surface area contributed by atoms with E-state index in [1.807, 2.05) is 36.4 Å². The molecular weight excluding hydrogens is 236 g/mol. The van der Waals surface area contributed by atoms with Crippen molar-refractivity contribution in [2.45, 2.75) is 26.7 Å². The summed E-state index contributed by atoms with van der Waals surface area (Å²) >= 11 is 0. The first-order valence-electron chi connectivity index (χ1n) is 6.52. The molecule has 0 atom stereocenters. The van der Waals surface area contributed by atoms with E-state index < -0.39 is 0 Å². The van der Waals surface area contributed by atoms with Crippen molar-refractivity contribution < 1.29 is 9.53 Å². The minimum atomic E-state index is 0.170. The number of hydrogen-bond acceptors (Lipinski definition) is 2. The molecule has 0 saturated heterocycles. The Hall–Kier alpha value is -2.09. The van der Waals surface area contributed by atoms with Gasteiger partial charge in [-0.25, -0.2) is 0 Å². The number of ketones is 1. The summed E-state index contributed by atoms with van der Waals surface area (Å²) in [6, 6.07) is 15.7. The SMILES string of the molecule is CCc1ccc(Oc2ccc(CC(C)=O)cc2)cc1. The minimum Gasteiger partial charge on any atom is -0.457 e. The molecule has 0 aliphatic carbocycles. The molecule has 0 spiro atoms. The highest BCUT2D eigenvalue weighted by molar-refractivity contribution is 5.78. The number of rotatable bonds is 5. The van der Waals surface area contributed by atoms with Crippen LogP contribution in [0, 0.1) is 0 Å². The summed E-state index contributed by atoms with van der Waals surface area (Å²) < 4.78 is 5.75. The molecule has 0 amide bonds. The third kappa shape index (κ3) is 3.95. The largest absolute Gasteiger partial charge is 0.457 e. The van der Waals surface area contributed by atoms with Gasteiger partial charge in [-0.3, -0.25) is 4.79 Å². The molecule has 0 saturated carbocycles. The maximum absolute atomic E-state index is 11.0. The van der Waals surface area contributed by atoms with Crippen LogP contribution in [0.1, 0.15) is 25.0 Å². The molecule has 0 N–H and O–H groups in total. The van der Waals surface area contributed by atoms with Crippen molar-refractivity contribution in [1.29, 1.82) is 0 Å². The lowest BCUT2D eigenvalue weighted by Gasteiger charge is -2.07. The van der Waals surface area contributed by atoms with Crippen molar-refractivity contribution >= 4 is 5.78 Å². The summed E-state index contributed by atoms with van der Waals surface area (Å²) in [5.41, 5.74) is 2.31. The zero-order chi connectivity index (χ0) is 13.7. The molecule has 0 aromatic heterocycles. The normalized spacial score (nSPS) is 10.2. The molecular formula is C17H18O2. The lowest BCUT2D eigenvalue weighted by atomic mass is 10.1. The van der Waals surface area contributed by atoms with Gasteiger partial charge in [0, 0.05) is 6.42 Å². The first-order chi connectivity index (χ1) is 9.17. The fourth-order valence-electron chi connectivity index (χ4n) is 1.89. The molecule has 0 unspecified atom stereocenters. The van der Waals surface area contributed by atoms with E-state index in [-0.39, 0.29) is 5.78 Å². The summed E-state index contributed by atoms with van der Waals surface area (Å²) in [4.78, 5) is 11.0.